The Labute approximate surface area is 577 Å². The van der Waals surface area contributed by atoms with Crippen molar-refractivity contribution in [2.24, 2.45) is 0 Å². The number of aryl methyl sites for hydroxylation is 2. The molecule has 0 unspecified atom stereocenters. The molecule has 0 atom stereocenters. The van der Waals surface area contributed by atoms with Crippen LogP contribution in [0.15, 0.2) is 0 Å². The van der Waals surface area contributed by atoms with Crippen LogP contribution in [0.4, 0.5) is 23.8 Å². The van der Waals surface area contributed by atoms with E-state index >= 15 is 0 Å². The average molecular weight is 1310 g/mol. The van der Waals surface area contributed by atoms with Crippen LogP contribution in [0.3, 0.4) is 0 Å². The normalized spacial score (nSPS) is 24.4. The van der Waals surface area contributed by atoms with Crippen LogP contribution in [-0.2, 0) is 0 Å². The van der Waals surface area contributed by atoms with E-state index < -0.39 is 0 Å². The third-order valence-electron chi connectivity index (χ3n) is 21.7. The topological polar surface area (TPSA) is 166 Å². The zero-order valence-corrected chi connectivity index (χ0v) is 65.6. The zero-order chi connectivity index (χ0) is 69.5. The average Bonchev–Trinajstić information content (AvgIpc) is 0.795. The summed E-state index contributed by atoms with van der Waals surface area (Å²) < 4.78 is 0. The Bertz CT molecular complexity index is 2570. The third-order valence-corrected chi connectivity index (χ3v) is 21.7. The van der Waals surface area contributed by atoms with Gasteiger partial charge in [0.25, 0.3) is 0 Å². The van der Waals surface area contributed by atoms with Gasteiger partial charge in [0, 0.05) is 111 Å². The highest BCUT2D eigenvalue weighted by Crippen LogP contribution is 2.39. The minimum Gasteiger partial charge on any atom is -0.351 e. The van der Waals surface area contributed by atoms with Crippen LogP contribution >= 0.6 is 0 Å². The van der Waals surface area contributed by atoms with E-state index in [2.05, 4.69) is 223 Å². The second-order valence-electron chi connectivity index (χ2n) is 38.0. The molecule has 1 aliphatic carbocycles. The van der Waals surface area contributed by atoms with Gasteiger partial charge in [0.2, 0.25) is 23.8 Å². The van der Waals surface area contributed by atoms with Gasteiger partial charge in [0.05, 0.1) is 0 Å². The van der Waals surface area contributed by atoms with Crippen LogP contribution < -0.4 is 46.6 Å². The van der Waals surface area contributed by atoms with Gasteiger partial charge >= 0.3 is 0 Å². The Morgan fingerprint density at radius 1 is 0.330 bits per heavy atom. The Morgan fingerprint density at radius 3 is 0.904 bits per heavy atom. The minimum atomic E-state index is 0.0390. The lowest BCUT2D eigenvalue weighted by molar-refractivity contribution is 0.0802. The van der Waals surface area contributed by atoms with E-state index in [1.54, 1.807) is 0 Å². The summed E-state index contributed by atoms with van der Waals surface area (Å²) in [5.41, 5.74) is 1.07. The molecule has 5 aliphatic heterocycles. The smallest absolute Gasteiger partial charge is 0.230 e. The maximum Gasteiger partial charge on any atom is 0.230 e. The molecule has 17 heteroatoms. The van der Waals surface area contributed by atoms with E-state index in [1.165, 1.54) is 109 Å². The zero-order valence-electron chi connectivity index (χ0n) is 65.6. The first-order valence-corrected chi connectivity index (χ1v) is 38.3. The first kappa shape index (κ1) is 78.3. The molecule has 0 radical (unpaired) electrons. The predicted molar refractivity (Wildman–Crippen MR) is 400 cm³/mol. The van der Waals surface area contributed by atoms with Gasteiger partial charge in [-0.3, -0.25) is 0 Å². The van der Waals surface area contributed by atoms with Gasteiger partial charge in [-0.2, -0.15) is 29.9 Å². The number of piperidine rings is 5. The van der Waals surface area contributed by atoms with Crippen LogP contribution in [0, 0.1) is 13.8 Å². The molecule has 0 spiro atoms. The summed E-state index contributed by atoms with van der Waals surface area (Å²) >= 11 is 0. The lowest BCUT2D eigenvalue weighted by atomic mass is 9.79. The fourth-order valence-corrected chi connectivity index (χ4v) is 19.5. The maximum atomic E-state index is 5.42. The first-order chi connectivity index (χ1) is 43.4. The Morgan fingerprint density at radius 2 is 0.596 bits per heavy atom. The van der Waals surface area contributed by atoms with E-state index in [-0.39, 0.29) is 55.4 Å². The molecule has 6 fully saturated rings. The SMILES string of the molecule is CCCCN(c1nc(C)nc(N(CCCCCCN(C)C2CC(C)(C)NC(C)(C)C2)C2CC(C)(C)NC(C)(C)C2)n1)C1CC(C)(C)NC(C)(C)C1.Cc1nc(NC2CCCCC2)nc(N(CCCCCCN(C)C2CC(C)(C)NC(C)(C)C2)C2CC(C)(C)NC(C)(C)C2)n1. The Balaban J connectivity index is 0.000000270. The highest BCUT2D eigenvalue weighted by atomic mass is 15.4. The molecule has 8 rings (SSSR count). The lowest BCUT2D eigenvalue weighted by Crippen LogP contribution is -2.63. The number of anilines is 4. The van der Waals surface area contributed by atoms with Crippen LogP contribution in [0.25, 0.3) is 0 Å². The molecule has 17 nitrogen and oxygen atoms in total. The molecule has 1 saturated carbocycles. The summed E-state index contributed by atoms with van der Waals surface area (Å²) in [6.07, 6.45) is 29.8. The minimum absolute atomic E-state index is 0.0390. The van der Waals surface area contributed by atoms with E-state index in [1.807, 2.05) is 6.92 Å². The van der Waals surface area contributed by atoms with Gasteiger partial charge < -0.3 is 56.4 Å². The van der Waals surface area contributed by atoms with Crippen molar-refractivity contribution >= 4 is 23.8 Å². The van der Waals surface area contributed by atoms with Crippen LogP contribution in [0.2, 0.25) is 0 Å². The Kier molecular flexibility index (Phi) is 26.4. The molecular weight excluding hydrogens is 1160 g/mol. The van der Waals surface area contributed by atoms with Gasteiger partial charge in [-0.1, -0.05) is 58.3 Å². The van der Waals surface area contributed by atoms with Crippen molar-refractivity contribution in [1.29, 1.82) is 0 Å². The Hall–Kier alpha value is -3.06. The number of nitrogens with one attached hydrogen (secondary N) is 6. The fraction of sp³-hybridized carbons (Fsp3) is 0.922. The largest absolute Gasteiger partial charge is 0.351 e. The number of aromatic nitrogens is 6. The summed E-state index contributed by atoms with van der Waals surface area (Å²) in [6.45, 7) is 58.7. The van der Waals surface area contributed by atoms with Gasteiger partial charge in [-0.05, 0) is 289 Å². The van der Waals surface area contributed by atoms with Crippen molar-refractivity contribution in [3.05, 3.63) is 11.6 Å². The third kappa shape index (κ3) is 24.7. The van der Waals surface area contributed by atoms with Crippen molar-refractivity contribution in [3.8, 4) is 0 Å². The standard InChI is InChI=1S/C42H81N9.C35H66N8/c1-16-17-23-50(33-27-39(7,8)47-40(9,10)28-33)35-43-31(2)44-36(45-35)51(34-29-41(11,12)48-42(13,14)30-34)24-21-19-18-20-22-49(15)32-25-37(3,4)46-38(5,6)26-32;1-26-36-30(38-27-18-14-13-15-19-27)39-31(37-26)43(29-24-34(6,7)41-35(8,9)25-29)21-17-12-11-16-20-42(10)28-22-32(2,3)40-33(4,5)23-28/h32-34,46-48H,16-30H2,1-15H3;27-29,40-41H,11-25H2,1-10H3,(H,36,37,38,39). The quantitative estimate of drug-likeness (QED) is 0.0468. The second kappa shape index (κ2) is 31.6. The summed E-state index contributed by atoms with van der Waals surface area (Å²) in [5, 5.41) is 23.0. The van der Waals surface area contributed by atoms with E-state index in [9.17, 15) is 0 Å². The summed E-state index contributed by atoms with van der Waals surface area (Å²) in [6, 6.07) is 2.91. The highest BCUT2D eigenvalue weighted by molar-refractivity contribution is 5.43. The fourth-order valence-electron chi connectivity index (χ4n) is 19.5. The summed E-state index contributed by atoms with van der Waals surface area (Å²) in [5.74, 6) is 5.01. The highest BCUT2D eigenvalue weighted by Gasteiger charge is 2.46. The van der Waals surface area contributed by atoms with Crippen molar-refractivity contribution in [1.82, 2.24) is 66.3 Å². The molecular formula is C77H147N17. The number of rotatable bonds is 27. The number of hydrogen-bond donors (Lipinski definition) is 6. The molecule has 0 amide bonds. The molecule has 2 aromatic heterocycles. The number of nitrogens with zero attached hydrogens (tertiary/aromatic N) is 11. The van der Waals surface area contributed by atoms with E-state index in [0.717, 1.165) is 119 Å². The number of unbranched alkanes of at least 4 members (excludes halogenated alkanes) is 7. The van der Waals surface area contributed by atoms with Crippen molar-refractivity contribution in [2.45, 2.75) is 411 Å². The van der Waals surface area contributed by atoms with Gasteiger partial charge in [-0.15, -0.1) is 0 Å². The van der Waals surface area contributed by atoms with E-state index in [0.29, 0.717) is 36.3 Å². The molecule has 6 N–H and O–H groups in total. The number of hydrogen-bond acceptors (Lipinski definition) is 17. The molecule has 0 aromatic carbocycles. The first-order valence-electron chi connectivity index (χ1n) is 38.3. The van der Waals surface area contributed by atoms with Crippen LogP contribution in [0.5, 0.6) is 0 Å². The predicted octanol–water partition coefficient (Wildman–Crippen LogP) is 14.9. The monoisotopic (exact) mass is 1310 g/mol. The van der Waals surface area contributed by atoms with Gasteiger partial charge in [-0.25, -0.2) is 0 Å². The molecule has 6 aliphatic rings. The molecule has 540 valence electrons. The lowest BCUT2D eigenvalue weighted by Gasteiger charge is -2.50. The van der Waals surface area contributed by atoms with E-state index in [4.69, 9.17) is 29.9 Å². The molecule has 5 saturated heterocycles. The van der Waals surface area contributed by atoms with Crippen molar-refractivity contribution < 1.29 is 0 Å². The van der Waals surface area contributed by atoms with Crippen LogP contribution in [0.1, 0.15) is 318 Å². The summed E-state index contributed by atoms with van der Waals surface area (Å²) in [4.78, 5) is 43.3. The van der Waals surface area contributed by atoms with Gasteiger partial charge in [0.15, 0.2) is 0 Å². The van der Waals surface area contributed by atoms with Crippen LogP contribution in [-0.4, -0.2) is 178 Å². The van der Waals surface area contributed by atoms with Crippen molar-refractivity contribution in [3.63, 3.8) is 0 Å². The molecule has 0 bridgehead atoms. The molecule has 2 aromatic rings. The van der Waals surface area contributed by atoms with Gasteiger partial charge in [0.1, 0.15) is 11.6 Å². The van der Waals surface area contributed by atoms with Crippen molar-refractivity contribution in [2.75, 3.05) is 66.8 Å². The second-order valence-corrected chi connectivity index (χ2v) is 38.0. The summed E-state index contributed by atoms with van der Waals surface area (Å²) in [7, 11) is 4.69. The molecule has 7 heterocycles. The molecule has 94 heavy (non-hydrogen) atoms. The maximum absolute atomic E-state index is 5.42.